The number of rotatable bonds is 5. The van der Waals surface area contributed by atoms with Crippen LogP contribution in [0.1, 0.15) is 22.8 Å². The first-order valence-corrected chi connectivity index (χ1v) is 7.38. The van der Waals surface area contributed by atoms with Crippen molar-refractivity contribution in [3.63, 3.8) is 0 Å². The Morgan fingerprint density at radius 3 is 2.35 bits per heavy atom. The van der Waals surface area contributed by atoms with Gasteiger partial charge in [-0.2, -0.15) is 0 Å². The zero-order valence-corrected chi connectivity index (χ0v) is 13.6. The minimum atomic E-state index is -0.172. The second-order valence-electron chi connectivity index (χ2n) is 5.51. The summed E-state index contributed by atoms with van der Waals surface area (Å²) >= 11 is 0. The van der Waals surface area contributed by atoms with E-state index < -0.39 is 0 Å². The molecule has 2 amide bonds. The fraction of sp³-hybridized carbons (Fsp3) is 0.222. The molecule has 2 rings (SSSR count). The molecule has 0 radical (unpaired) electrons. The molecule has 0 spiro atoms. The second-order valence-corrected chi connectivity index (χ2v) is 5.51. The zero-order chi connectivity index (χ0) is 16.8. The van der Waals surface area contributed by atoms with Crippen LogP contribution in [0.15, 0.2) is 48.5 Å². The van der Waals surface area contributed by atoms with E-state index in [0.717, 1.165) is 11.3 Å². The van der Waals surface area contributed by atoms with Crippen LogP contribution < -0.4 is 15.5 Å². The molecule has 0 saturated heterocycles. The summed E-state index contributed by atoms with van der Waals surface area (Å²) in [5.41, 5.74) is 3.27. The third-order valence-corrected chi connectivity index (χ3v) is 3.35. The van der Waals surface area contributed by atoms with Gasteiger partial charge in [-0.3, -0.25) is 9.59 Å². The lowest BCUT2D eigenvalue weighted by Crippen LogP contribution is -2.23. The topological polar surface area (TPSA) is 61.4 Å². The number of carbonyl (C=O) groups is 2. The van der Waals surface area contributed by atoms with Crippen LogP contribution in [0, 0.1) is 0 Å². The number of amides is 2. The number of anilines is 2. The molecule has 23 heavy (non-hydrogen) atoms. The predicted molar refractivity (Wildman–Crippen MR) is 92.7 cm³/mol. The summed E-state index contributed by atoms with van der Waals surface area (Å²) < 4.78 is 0. The molecular formula is C18H21N3O2. The highest BCUT2D eigenvalue weighted by molar-refractivity contribution is 5.96. The first kappa shape index (κ1) is 16.5. The maximum Gasteiger partial charge on any atom is 0.251 e. The van der Waals surface area contributed by atoms with E-state index in [1.54, 1.807) is 24.3 Å². The molecule has 0 saturated carbocycles. The Morgan fingerprint density at radius 2 is 1.74 bits per heavy atom. The number of benzene rings is 2. The molecule has 2 aromatic carbocycles. The van der Waals surface area contributed by atoms with Gasteiger partial charge in [-0.1, -0.05) is 18.2 Å². The van der Waals surface area contributed by atoms with Crippen molar-refractivity contribution in [2.75, 3.05) is 24.3 Å². The van der Waals surface area contributed by atoms with Crippen LogP contribution in [-0.4, -0.2) is 25.9 Å². The van der Waals surface area contributed by atoms with Crippen molar-refractivity contribution in [1.29, 1.82) is 0 Å². The fourth-order valence-electron chi connectivity index (χ4n) is 2.14. The first-order chi connectivity index (χ1) is 11.0. The van der Waals surface area contributed by atoms with Gasteiger partial charge in [0.1, 0.15) is 0 Å². The highest BCUT2D eigenvalue weighted by Gasteiger charge is 2.07. The van der Waals surface area contributed by atoms with E-state index in [0.29, 0.717) is 17.8 Å². The highest BCUT2D eigenvalue weighted by Crippen LogP contribution is 2.13. The molecule has 5 heteroatoms. The maximum atomic E-state index is 12.2. The quantitative estimate of drug-likeness (QED) is 0.892. The van der Waals surface area contributed by atoms with Gasteiger partial charge in [-0.15, -0.1) is 0 Å². The average molecular weight is 311 g/mol. The zero-order valence-electron chi connectivity index (χ0n) is 13.6. The van der Waals surface area contributed by atoms with Gasteiger partial charge >= 0.3 is 0 Å². The van der Waals surface area contributed by atoms with E-state index in [1.807, 2.05) is 43.3 Å². The summed E-state index contributed by atoms with van der Waals surface area (Å²) in [5, 5.41) is 5.55. The van der Waals surface area contributed by atoms with E-state index in [9.17, 15) is 9.59 Å². The van der Waals surface area contributed by atoms with E-state index in [4.69, 9.17) is 0 Å². The third kappa shape index (κ3) is 4.85. The third-order valence-electron chi connectivity index (χ3n) is 3.35. The van der Waals surface area contributed by atoms with Crippen molar-refractivity contribution in [2.24, 2.45) is 0 Å². The maximum absolute atomic E-state index is 12.2. The molecule has 0 atom stereocenters. The molecule has 0 aliphatic heterocycles. The summed E-state index contributed by atoms with van der Waals surface area (Å²) in [7, 11) is 3.97. The molecule has 0 aliphatic rings. The second kappa shape index (κ2) is 7.45. The smallest absolute Gasteiger partial charge is 0.251 e. The van der Waals surface area contributed by atoms with Crippen molar-refractivity contribution < 1.29 is 9.59 Å². The van der Waals surface area contributed by atoms with Crippen molar-refractivity contribution in [1.82, 2.24) is 5.32 Å². The van der Waals surface area contributed by atoms with Crippen molar-refractivity contribution in [2.45, 2.75) is 13.5 Å². The highest BCUT2D eigenvalue weighted by atomic mass is 16.2. The molecule has 0 unspecified atom stereocenters. The molecule has 5 nitrogen and oxygen atoms in total. The van der Waals surface area contributed by atoms with Gasteiger partial charge in [-0.05, 0) is 35.9 Å². The summed E-state index contributed by atoms with van der Waals surface area (Å²) in [4.78, 5) is 25.3. The fourth-order valence-corrected chi connectivity index (χ4v) is 2.14. The van der Waals surface area contributed by atoms with Crippen LogP contribution in [0.25, 0.3) is 0 Å². The number of hydrogen-bond acceptors (Lipinski definition) is 3. The van der Waals surface area contributed by atoms with Gasteiger partial charge in [0.25, 0.3) is 5.91 Å². The summed E-state index contributed by atoms with van der Waals surface area (Å²) in [6, 6.07) is 14.9. The molecular weight excluding hydrogens is 290 g/mol. The number of nitrogens with zero attached hydrogens (tertiary/aromatic N) is 1. The molecule has 0 fully saturated rings. The van der Waals surface area contributed by atoms with Gasteiger partial charge in [0.15, 0.2) is 0 Å². The summed E-state index contributed by atoms with van der Waals surface area (Å²) in [5.74, 6) is -0.336. The van der Waals surface area contributed by atoms with Crippen LogP contribution in [0.4, 0.5) is 11.4 Å². The minimum absolute atomic E-state index is 0.163. The molecule has 0 bridgehead atoms. The van der Waals surface area contributed by atoms with Gasteiger partial charge in [0, 0.05) is 44.5 Å². The average Bonchev–Trinajstić information content (AvgIpc) is 2.52. The molecule has 120 valence electrons. The summed E-state index contributed by atoms with van der Waals surface area (Å²) in [6.45, 7) is 1.89. The Kier molecular flexibility index (Phi) is 5.36. The number of hydrogen-bond donors (Lipinski definition) is 2. The Bertz CT molecular complexity index is 694. The van der Waals surface area contributed by atoms with Crippen LogP contribution in [0.3, 0.4) is 0 Å². The SMILES string of the molecule is CC(=O)Nc1cccc(C(=O)NCc2ccc(N(C)C)cc2)c1. The van der Waals surface area contributed by atoms with Gasteiger partial charge in [-0.25, -0.2) is 0 Å². The van der Waals surface area contributed by atoms with Gasteiger partial charge in [0.05, 0.1) is 0 Å². The Labute approximate surface area is 136 Å². The van der Waals surface area contributed by atoms with Crippen molar-refractivity contribution >= 4 is 23.2 Å². The Hall–Kier alpha value is -2.82. The van der Waals surface area contributed by atoms with Crippen LogP contribution in [0.5, 0.6) is 0 Å². The van der Waals surface area contributed by atoms with E-state index in [2.05, 4.69) is 10.6 Å². The lowest BCUT2D eigenvalue weighted by atomic mass is 10.1. The molecule has 2 N–H and O–H groups in total. The van der Waals surface area contributed by atoms with Gasteiger partial charge in [0.2, 0.25) is 5.91 Å². The molecule has 0 aliphatic carbocycles. The van der Waals surface area contributed by atoms with Crippen molar-refractivity contribution in [3.8, 4) is 0 Å². The van der Waals surface area contributed by atoms with Crippen LogP contribution in [0.2, 0.25) is 0 Å². The largest absolute Gasteiger partial charge is 0.378 e. The van der Waals surface area contributed by atoms with Crippen LogP contribution in [-0.2, 0) is 11.3 Å². The number of carbonyl (C=O) groups excluding carboxylic acids is 2. The van der Waals surface area contributed by atoms with E-state index in [-0.39, 0.29) is 11.8 Å². The molecule has 0 aromatic heterocycles. The van der Waals surface area contributed by atoms with Crippen molar-refractivity contribution in [3.05, 3.63) is 59.7 Å². The van der Waals surface area contributed by atoms with E-state index >= 15 is 0 Å². The van der Waals surface area contributed by atoms with Crippen LogP contribution >= 0.6 is 0 Å². The standard InChI is InChI=1S/C18H21N3O2/c1-13(22)20-16-6-4-5-15(11-16)18(23)19-12-14-7-9-17(10-8-14)21(2)3/h4-11H,12H2,1-3H3,(H,19,23)(H,20,22). The predicted octanol–water partition coefficient (Wildman–Crippen LogP) is 2.64. The Balaban J connectivity index is 1.97. The monoisotopic (exact) mass is 311 g/mol. The summed E-state index contributed by atoms with van der Waals surface area (Å²) in [6.07, 6.45) is 0. The van der Waals surface area contributed by atoms with Gasteiger partial charge < -0.3 is 15.5 Å². The Morgan fingerprint density at radius 1 is 1.04 bits per heavy atom. The van der Waals surface area contributed by atoms with E-state index in [1.165, 1.54) is 6.92 Å². The lowest BCUT2D eigenvalue weighted by Gasteiger charge is -2.13. The minimum Gasteiger partial charge on any atom is -0.378 e. The lowest BCUT2D eigenvalue weighted by molar-refractivity contribution is -0.114. The number of nitrogens with one attached hydrogen (secondary N) is 2. The molecule has 0 heterocycles. The first-order valence-electron chi connectivity index (χ1n) is 7.38. The normalized spacial score (nSPS) is 10.0. The molecule has 2 aromatic rings.